The average Bonchev–Trinajstić information content (AvgIpc) is 2.83. The summed E-state index contributed by atoms with van der Waals surface area (Å²) in [7, 11) is 0. The van der Waals surface area contributed by atoms with Crippen molar-refractivity contribution < 1.29 is 4.74 Å². The first-order valence-electron chi connectivity index (χ1n) is 13.5. The van der Waals surface area contributed by atoms with E-state index in [0.717, 1.165) is 42.1 Å². The van der Waals surface area contributed by atoms with E-state index in [1.165, 1.54) is 89.9 Å². The fourth-order valence-electron chi connectivity index (χ4n) is 5.76. The molecule has 1 nitrogen and oxygen atoms in total. The first kappa shape index (κ1) is 24.2. The van der Waals surface area contributed by atoms with Crippen LogP contribution in [-0.4, -0.2) is 6.61 Å². The van der Waals surface area contributed by atoms with Gasteiger partial charge in [-0.15, -0.1) is 0 Å². The quantitative estimate of drug-likeness (QED) is 0.270. The Morgan fingerprint density at radius 2 is 1.39 bits per heavy atom. The molecule has 31 heavy (non-hydrogen) atoms. The van der Waals surface area contributed by atoms with Gasteiger partial charge in [-0.25, -0.2) is 0 Å². The van der Waals surface area contributed by atoms with Crippen LogP contribution in [0.1, 0.15) is 116 Å². The monoisotopic (exact) mass is 422 g/mol. The molecule has 2 aliphatic rings. The Balaban J connectivity index is 1.33. The highest BCUT2D eigenvalue weighted by atomic mass is 16.5. The normalized spacial score (nSPS) is 26.1. The van der Waals surface area contributed by atoms with E-state index in [-0.39, 0.29) is 0 Å². The maximum absolute atomic E-state index is 5.67. The molecule has 1 heteroatoms. The Hall–Kier alpha value is -1.42. The molecule has 1 aromatic carbocycles. The highest BCUT2D eigenvalue weighted by Gasteiger charge is 2.30. The van der Waals surface area contributed by atoms with Gasteiger partial charge in [0.2, 0.25) is 0 Å². The number of unbranched alkanes of at least 4 members (excludes halogenated alkanes) is 4. The minimum Gasteiger partial charge on any atom is -0.494 e. The lowest BCUT2D eigenvalue weighted by Gasteiger charge is -2.37. The third kappa shape index (κ3) is 8.56. The third-order valence-corrected chi connectivity index (χ3v) is 7.79. The van der Waals surface area contributed by atoms with Gasteiger partial charge >= 0.3 is 0 Å². The van der Waals surface area contributed by atoms with Crippen LogP contribution in [0.3, 0.4) is 0 Å². The molecule has 1 aromatic rings. The summed E-state index contributed by atoms with van der Waals surface area (Å²) in [5, 5.41) is 0. The number of hydrogen-bond donors (Lipinski definition) is 0. The minimum atomic E-state index is 0.603. The van der Waals surface area contributed by atoms with Crippen LogP contribution >= 0.6 is 0 Å². The molecule has 2 aliphatic carbocycles. The van der Waals surface area contributed by atoms with Gasteiger partial charge in [-0.05, 0) is 87.0 Å². The first-order valence-corrected chi connectivity index (χ1v) is 13.5. The molecule has 0 atom stereocenters. The summed E-state index contributed by atoms with van der Waals surface area (Å²) in [6.45, 7) is 5.23. The van der Waals surface area contributed by atoms with Gasteiger partial charge in [0.15, 0.2) is 0 Å². The van der Waals surface area contributed by atoms with Crippen LogP contribution < -0.4 is 4.74 Å². The van der Waals surface area contributed by atoms with Gasteiger partial charge < -0.3 is 4.74 Å². The van der Waals surface area contributed by atoms with Gasteiger partial charge in [0.1, 0.15) is 5.75 Å². The molecule has 0 saturated heterocycles. The summed E-state index contributed by atoms with van der Waals surface area (Å²) < 4.78 is 5.67. The lowest BCUT2D eigenvalue weighted by molar-refractivity contribution is 0.153. The number of rotatable bonds is 10. The fourth-order valence-corrected chi connectivity index (χ4v) is 5.76. The molecule has 0 unspecified atom stereocenters. The molecule has 0 spiro atoms. The van der Waals surface area contributed by atoms with Crippen molar-refractivity contribution in [2.45, 2.75) is 110 Å². The van der Waals surface area contributed by atoms with E-state index < -0.39 is 0 Å². The predicted octanol–water partition coefficient (Wildman–Crippen LogP) is 8.80. The van der Waals surface area contributed by atoms with Crippen molar-refractivity contribution in [3.8, 4) is 17.6 Å². The van der Waals surface area contributed by atoms with E-state index in [4.69, 9.17) is 4.74 Å². The van der Waals surface area contributed by atoms with Crippen LogP contribution in [0.4, 0.5) is 0 Å². The van der Waals surface area contributed by atoms with Gasteiger partial charge in [-0.2, -0.15) is 0 Å². The fraction of sp³-hybridized carbons (Fsp3) is 0.733. The summed E-state index contributed by atoms with van der Waals surface area (Å²) in [6, 6.07) is 8.31. The zero-order chi connectivity index (χ0) is 21.7. The van der Waals surface area contributed by atoms with Crippen molar-refractivity contribution in [3.63, 3.8) is 0 Å². The van der Waals surface area contributed by atoms with E-state index in [1.54, 1.807) is 0 Å². The smallest absolute Gasteiger partial charge is 0.119 e. The summed E-state index contributed by atoms with van der Waals surface area (Å²) >= 11 is 0. The van der Waals surface area contributed by atoms with Crippen molar-refractivity contribution in [1.82, 2.24) is 0 Å². The topological polar surface area (TPSA) is 9.23 Å². The zero-order valence-corrected chi connectivity index (χ0v) is 20.3. The van der Waals surface area contributed by atoms with Gasteiger partial charge in [0, 0.05) is 11.5 Å². The second-order valence-electron chi connectivity index (χ2n) is 10.2. The minimum absolute atomic E-state index is 0.603. The molecular weight excluding hydrogens is 376 g/mol. The maximum atomic E-state index is 5.67. The molecule has 0 heterocycles. The van der Waals surface area contributed by atoms with Crippen molar-refractivity contribution in [2.75, 3.05) is 6.61 Å². The SMILES string of the molecule is CCCCCCCC1CCC(C2CCC(C#Cc3ccc(OCCC)cc3)CC2)CC1. The van der Waals surface area contributed by atoms with Crippen LogP contribution in [0.25, 0.3) is 0 Å². The molecule has 0 aliphatic heterocycles. The molecule has 2 fully saturated rings. The summed E-state index contributed by atoms with van der Waals surface area (Å²) in [5.41, 5.74) is 1.12. The second-order valence-corrected chi connectivity index (χ2v) is 10.2. The van der Waals surface area contributed by atoms with Crippen molar-refractivity contribution >= 4 is 0 Å². The zero-order valence-electron chi connectivity index (χ0n) is 20.3. The summed E-state index contributed by atoms with van der Waals surface area (Å²) in [5.74, 6) is 11.6. The summed E-state index contributed by atoms with van der Waals surface area (Å²) in [6.07, 6.45) is 21.2. The van der Waals surface area contributed by atoms with Gasteiger partial charge in [0.25, 0.3) is 0 Å². The van der Waals surface area contributed by atoms with Crippen molar-refractivity contribution in [2.24, 2.45) is 23.7 Å². The van der Waals surface area contributed by atoms with Crippen LogP contribution in [0.15, 0.2) is 24.3 Å². The van der Waals surface area contributed by atoms with Crippen molar-refractivity contribution in [1.29, 1.82) is 0 Å². The Kier molecular flexibility index (Phi) is 10.8. The molecule has 0 radical (unpaired) electrons. The van der Waals surface area contributed by atoms with Crippen LogP contribution in [-0.2, 0) is 0 Å². The predicted molar refractivity (Wildman–Crippen MR) is 133 cm³/mol. The Labute approximate surface area is 192 Å². The molecular formula is C30H46O. The molecule has 0 aromatic heterocycles. The van der Waals surface area contributed by atoms with Crippen LogP contribution in [0, 0.1) is 35.5 Å². The highest BCUT2D eigenvalue weighted by Crippen LogP contribution is 2.42. The molecule has 172 valence electrons. The largest absolute Gasteiger partial charge is 0.494 e. The van der Waals surface area contributed by atoms with Gasteiger partial charge in [-0.3, -0.25) is 0 Å². The molecule has 3 rings (SSSR count). The third-order valence-electron chi connectivity index (χ3n) is 7.79. The molecule has 0 bridgehead atoms. The average molecular weight is 423 g/mol. The van der Waals surface area contributed by atoms with Crippen molar-refractivity contribution in [3.05, 3.63) is 29.8 Å². The Morgan fingerprint density at radius 3 is 2.03 bits per heavy atom. The lowest BCUT2D eigenvalue weighted by Crippen LogP contribution is -2.25. The lowest BCUT2D eigenvalue weighted by atomic mass is 9.69. The van der Waals surface area contributed by atoms with E-state index in [0.29, 0.717) is 5.92 Å². The molecule has 2 saturated carbocycles. The van der Waals surface area contributed by atoms with E-state index >= 15 is 0 Å². The van der Waals surface area contributed by atoms with E-state index in [9.17, 15) is 0 Å². The van der Waals surface area contributed by atoms with E-state index in [2.05, 4.69) is 50.0 Å². The number of ether oxygens (including phenoxy) is 1. The Morgan fingerprint density at radius 1 is 0.742 bits per heavy atom. The highest BCUT2D eigenvalue weighted by molar-refractivity contribution is 5.38. The summed E-state index contributed by atoms with van der Waals surface area (Å²) in [4.78, 5) is 0. The van der Waals surface area contributed by atoms with E-state index in [1.807, 2.05) is 0 Å². The standard InChI is InChI=1S/C30H46O/c1-3-5-6-7-8-9-25-12-18-28(19-13-25)29-20-14-26(15-21-29)10-11-27-16-22-30(23-17-27)31-24-4-2/h16-17,22-23,25-26,28-29H,3-9,12-15,18-21,24H2,1-2H3. The van der Waals surface area contributed by atoms with Gasteiger partial charge in [-0.1, -0.05) is 77.1 Å². The van der Waals surface area contributed by atoms with Crippen LogP contribution in [0.5, 0.6) is 5.75 Å². The number of hydrogen-bond acceptors (Lipinski definition) is 1. The maximum Gasteiger partial charge on any atom is 0.119 e. The Bertz CT molecular complexity index is 648. The molecule has 0 amide bonds. The number of benzene rings is 1. The second kappa shape index (κ2) is 13.9. The first-order chi connectivity index (χ1) is 15.3. The van der Waals surface area contributed by atoms with Gasteiger partial charge in [0.05, 0.1) is 6.61 Å². The molecule has 0 N–H and O–H groups in total. The van der Waals surface area contributed by atoms with Crippen LogP contribution in [0.2, 0.25) is 0 Å².